The monoisotopic (exact) mass is 232 g/mol. The van der Waals surface area contributed by atoms with Crippen LogP contribution in [0, 0.1) is 0 Å². The topological polar surface area (TPSA) is 56.0 Å². The first-order valence-electron chi connectivity index (χ1n) is 4.70. The zero-order chi connectivity index (χ0) is 11.5. The van der Waals surface area contributed by atoms with Crippen LogP contribution in [0.25, 0.3) is 0 Å². The average molecular weight is 233 g/mol. The van der Waals surface area contributed by atoms with Gasteiger partial charge in [0.05, 0.1) is 10.7 Å². The fourth-order valence-corrected chi connectivity index (χ4v) is 1.60. The van der Waals surface area contributed by atoms with Gasteiger partial charge < -0.3 is 5.73 Å². The molecule has 0 saturated heterocycles. The van der Waals surface area contributed by atoms with Gasteiger partial charge >= 0.3 is 0 Å². The van der Waals surface area contributed by atoms with Gasteiger partial charge in [0.2, 0.25) is 5.78 Å². The van der Waals surface area contributed by atoms with Crippen molar-refractivity contribution in [3.8, 4) is 0 Å². The number of nitrogens with zero attached hydrogens (tertiary/aromatic N) is 1. The summed E-state index contributed by atoms with van der Waals surface area (Å²) in [7, 11) is 0. The summed E-state index contributed by atoms with van der Waals surface area (Å²) in [5.74, 6) is -0.260. The molecule has 4 heteroatoms. The molecule has 0 aliphatic heterocycles. The van der Waals surface area contributed by atoms with E-state index in [2.05, 4.69) is 4.98 Å². The van der Waals surface area contributed by atoms with Crippen LogP contribution in [0.4, 0.5) is 5.69 Å². The molecule has 1 aromatic carbocycles. The summed E-state index contributed by atoms with van der Waals surface area (Å²) in [6, 6.07) is 10.1. The molecule has 0 fully saturated rings. The molecule has 0 spiro atoms. The average Bonchev–Trinajstić information content (AvgIpc) is 2.29. The highest BCUT2D eigenvalue weighted by atomic mass is 35.5. The summed E-state index contributed by atoms with van der Waals surface area (Å²) in [6.45, 7) is 0. The zero-order valence-corrected chi connectivity index (χ0v) is 9.11. The van der Waals surface area contributed by atoms with Gasteiger partial charge in [0, 0.05) is 11.8 Å². The van der Waals surface area contributed by atoms with Crippen LogP contribution >= 0.6 is 11.6 Å². The Kier molecular flexibility index (Phi) is 2.88. The van der Waals surface area contributed by atoms with Crippen molar-refractivity contribution in [2.45, 2.75) is 0 Å². The first-order chi connectivity index (χ1) is 7.70. The molecule has 0 amide bonds. The van der Waals surface area contributed by atoms with Gasteiger partial charge in [-0.2, -0.15) is 0 Å². The second kappa shape index (κ2) is 4.33. The minimum absolute atomic E-state index is 0.232. The van der Waals surface area contributed by atoms with E-state index < -0.39 is 0 Å². The number of aromatic nitrogens is 1. The number of pyridine rings is 1. The molecule has 0 atom stereocenters. The maximum atomic E-state index is 12.1. The van der Waals surface area contributed by atoms with Crippen LogP contribution in [0.15, 0.2) is 42.6 Å². The number of halogens is 1. The molecule has 16 heavy (non-hydrogen) atoms. The Morgan fingerprint density at radius 2 is 1.94 bits per heavy atom. The molecule has 0 aliphatic carbocycles. The lowest BCUT2D eigenvalue weighted by atomic mass is 10.1. The van der Waals surface area contributed by atoms with Crippen molar-refractivity contribution in [3.05, 3.63) is 58.9 Å². The number of rotatable bonds is 2. The summed E-state index contributed by atoms with van der Waals surface area (Å²) < 4.78 is 0. The van der Waals surface area contributed by atoms with E-state index in [1.807, 2.05) is 0 Å². The van der Waals surface area contributed by atoms with Crippen molar-refractivity contribution < 1.29 is 4.79 Å². The number of nitrogens with two attached hydrogens (primary N) is 1. The third kappa shape index (κ3) is 1.90. The maximum absolute atomic E-state index is 12.1. The molecule has 80 valence electrons. The quantitative estimate of drug-likeness (QED) is 0.810. The number of ketones is 1. The van der Waals surface area contributed by atoms with Crippen LogP contribution in [-0.2, 0) is 0 Å². The predicted octanol–water partition coefficient (Wildman–Crippen LogP) is 2.55. The van der Waals surface area contributed by atoms with Crippen LogP contribution in [0.2, 0.25) is 5.02 Å². The van der Waals surface area contributed by atoms with Crippen molar-refractivity contribution >= 4 is 23.1 Å². The van der Waals surface area contributed by atoms with Gasteiger partial charge in [-0.25, -0.2) is 0 Å². The second-order valence-electron chi connectivity index (χ2n) is 3.25. The van der Waals surface area contributed by atoms with E-state index in [0.717, 1.165) is 0 Å². The number of hydrogen-bond acceptors (Lipinski definition) is 3. The smallest absolute Gasteiger partial charge is 0.214 e. The first-order valence-corrected chi connectivity index (χ1v) is 5.07. The Morgan fingerprint density at radius 1 is 1.19 bits per heavy atom. The fraction of sp³-hybridized carbons (Fsp3) is 0. The molecule has 0 aliphatic rings. The third-order valence-electron chi connectivity index (χ3n) is 2.17. The molecule has 2 aromatic rings. The molecule has 0 unspecified atom stereocenters. The van der Waals surface area contributed by atoms with Crippen molar-refractivity contribution in [3.63, 3.8) is 0 Å². The Hall–Kier alpha value is -1.87. The van der Waals surface area contributed by atoms with Crippen LogP contribution < -0.4 is 5.73 Å². The summed E-state index contributed by atoms with van der Waals surface area (Å²) >= 11 is 5.93. The van der Waals surface area contributed by atoms with E-state index in [4.69, 9.17) is 17.3 Å². The van der Waals surface area contributed by atoms with Gasteiger partial charge in [0.1, 0.15) is 5.69 Å². The molecule has 0 radical (unpaired) electrons. The number of carbonyl (C=O) groups is 1. The third-order valence-corrected chi connectivity index (χ3v) is 2.50. The van der Waals surface area contributed by atoms with Crippen molar-refractivity contribution in [2.75, 3.05) is 5.73 Å². The standard InChI is InChI=1S/C12H9ClN2O/c13-9-5-2-1-4-8(9)12(16)11-10(14)6-3-7-15-11/h1-7H,14H2. The van der Waals surface area contributed by atoms with E-state index in [0.29, 0.717) is 16.3 Å². The summed E-state index contributed by atoms with van der Waals surface area (Å²) in [6.07, 6.45) is 1.53. The number of anilines is 1. The second-order valence-corrected chi connectivity index (χ2v) is 3.66. The SMILES string of the molecule is Nc1cccnc1C(=O)c1ccccc1Cl. The van der Waals surface area contributed by atoms with Crippen LogP contribution in [0.5, 0.6) is 0 Å². The first kappa shape index (κ1) is 10.6. The molecule has 0 bridgehead atoms. The molecule has 1 aromatic heterocycles. The molecule has 3 nitrogen and oxygen atoms in total. The number of nitrogen functional groups attached to an aromatic ring is 1. The van der Waals surface area contributed by atoms with Gasteiger partial charge in [0.15, 0.2) is 0 Å². The largest absolute Gasteiger partial charge is 0.397 e. The highest BCUT2D eigenvalue weighted by Crippen LogP contribution is 2.20. The lowest BCUT2D eigenvalue weighted by Gasteiger charge is -2.04. The molecule has 2 N–H and O–H groups in total. The highest BCUT2D eigenvalue weighted by Gasteiger charge is 2.15. The minimum atomic E-state index is -0.260. The van der Waals surface area contributed by atoms with E-state index in [1.165, 1.54) is 6.20 Å². The normalized spacial score (nSPS) is 10.1. The molecule has 2 rings (SSSR count). The van der Waals surface area contributed by atoms with Crippen molar-refractivity contribution in [1.82, 2.24) is 4.98 Å². The van der Waals surface area contributed by atoms with E-state index in [1.54, 1.807) is 36.4 Å². The minimum Gasteiger partial charge on any atom is -0.397 e. The van der Waals surface area contributed by atoms with Crippen molar-refractivity contribution in [1.29, 1.82) is 0 Å². The van der Waals surface area contributed by atoms with Gasteiger partial charge in [0.25, 0.3) is 0 Å². The van der Waals surface area contributed by atoms with Gasteiger partial charge in [-0.15, -0.1) is 0 Å². The van der Waals surface area contributed by atoms with E-state index in [9.17, 15) is 4.79 Å². The predicted molar refractivity (Wildman–Crippen MR) is 63.5 cm³/mol. The lowest BCUT2D eigenvalue weighted by Crippen LogP contribution is -2.08. The van der Waals surface area contributed by atoms with Crippen LogP contribution in [0.3, 0.4) is 0 Å². The zero-order valence-electron chi connectivity index (χ0n) is 8.35. The summed E-state index contributed by atoms with van der Waals surface area (Å²) in [5.41, 5.74) is 6.68. The molecular weight excluding hydrogens is 224 g/mol. The van der Waals surface area contributed by atoms with Gasteiger partial charge in [-0.3, -0.25) is 9.78 Å². The number of benzene rings is 1. The molecule has 0 saturated carbocycles. The summed E-state index contributed by atoms with van der Waals surface area (Å²) in [5, 5.41) is 0.401. The molecule has 1 heterocycles. The van der Waals surface area contributed by atoms with Crippen molar-refractivity contribution in [2.24, 2.45) is 0 Å². The number of carbonyl (C=O) groups excluding carboxylic acids is 1. The highest BCUT2D eigenvalue weighted by molar-refractivity contribution is 6.35. The Bertz CT molecular complexity index is 493. The van der Waals surface area contributed by atoms with Crippen LogP contribution in [-0.4, -0.2) is 10.8 Å². The molecular formula is C12H9ClN2O. The lowest BCUT2D eigenvalue weighted by molar-refractivity contribution is 0.103. The fourth-order valence-electron chi connectivity index (χ4n) is 1.38. The number of hydrogen-bond donors (Lipinski definition) is 1. The maximum Gasteiger partial charge on any atom is 0.214 e. The van der Waals surface area contributed by atoms with Crippen LogP contribution in [0.1, 0.15) is 16.1 Å². The summed E-state index contributed by atoms with van der Waals surface area (Å²) in [4.78, 5) is 16.0. The van der Waals surface area contributed by atoms with Gasteiger partial charge in [-0.05, 0) is 24.3 Å². The van der Waals surface area contributed by atoms with Gasteiger partial charge in [-0.1, -0.05) is 23.7 Å². The Labute approximate surface area is 97.9 Å². The Balaban J connectivity index is 2.48. The van der Waals surface area contributed by atoms with E-state index >= 15 is 0 Å². The Morgan fingerprint density at radius 3 is 2.62 bits per heavy atom. The van der Waals surface area contributed by atoms with E-state index in [-0.39, 0.29) is 11.5 Å².